The number of benzene rings is 7. The molecule has 0 aliphatic rings. The summed E-state index contributed by atoms with van der Waals surface area (Å²) in [5, 5.41) is 7.30. The third-order valence-electron chi connectivity index (χ3n) is 9.08. The number of aryl methyl sites for hydroxylation is 4. The molecule has 234 valence electrons. The van der Waals surface area contributed by atoms with Crippen LogP contribution in [0, 0.1) is 13.8 Å². The van der Waals surface area contributed by atoms with Gasteiger partial charge in [0.25, 0.3) is 0 Å². The van der Waals surface area contributed by atoms with Crippen molar-refractivity contribution in [2.24, 2.45) is 11.5 Å². The monoisotopic (exact) mass is 618 g/mol. The molecule has 47 heavy (non-hydrogen) atoms. The molecular formula is C42H38N2O3. The zero-order chi connectivity index (χ0) is 33.1. The van der Waals surface area contributed by atoms with Crippen LogP contribution in [0.1, 0.15) is 65.3 Å². The van der Waals surface area contributed by atoms with Crippen molar-refractivity contribution >= 4 is 61.6 Å². The Balaban J connectivity index is 0.000000332. The summed E-state index contributed by atoms with van der Waals surface area (Å²) in [4.78, 5) is 36.3. The van der Waals surface area contributed by atoms with Gasteiger partial charge in [-0.25, -0.2) is 0 Å². The van der Waals surface area contributed by atoms with E-state index in [2.05, 4.69) is 74.5 Å². The van der Waals surface area contributed by atoms with Crippen LogP contribution in [0.5, 0.6) is 0 Å². The van der Waals surface area contributed by atoms with Gasteiger partial charge in [0.15, 0.2) is 12.6 Å². The van der Waals surface area contributed by atoms with Crippen LogP contribution in [-0.2, 0) is 19.3 Å². The highest BCUT2D eigenvalue weighted by molar-refractivity contribution is 6.36. The molecule has 0 spiro atoms. The summed E-state index contributed by atoms with van der Waals surface area (Å²) in [6, 6.07) is 32.4. The molecule has 0 aromatic heterocycles. The lowest BCUT2D eigenvalue weighted by molar-refractivity contribution is 0.100. The zero-order valence-electron chi connectivity index (χ0n) is 26.8. The minimum absolute atomic E-state index is 0.452. The highest BCUT2D eigenvalue weighted by Gasteiger charge is 2.20. The molecule has 7 rings (SSSR count). The van der Waals surface area contributed by atoms with E-state index >= 15 is 0 Å². The summed E-state index contributed by atoms with van der Waals surface area (Å²) < 4.78 is 0. The van der Waals surface area contributed by atoms with Gasteiger partial charge in [0, 0.05) is 22.1 Å². The molecule has 0 fully saturated rings. The van der Waals surface area contributed by atoms with Crippen molar-refractivity contribution in [3.8, 4) is 0 Å². The molecule has 4 N–H and O–H groups in total. The van der Waals surface area contributed by atoms with Crippen LogP contribution in [-0.4, -0.2) is 25.0 Å². The van der Waals surface area contributed by atoms with E-state index in [0.717, 1.165) is 88.1 Å². The third kappa shape index (κ3) is 6.10. The molecule has 0 heterocycles. The molecule has 7 aromatic carbocycles. The average Bonchev–Trinajstić information content (AvgIpc) is 3.07. The molecule has 0 aliphatic heterocycles. The second-order valence-corrected chi connectivity index (χ2v) is 12.3. The fourth-order valence-electron chi connectivity index (χ4n) is 7.01. The van der Waals surface area contributed by atoms with Crippen LogP contribution in [0.4, 0.5) is 0 Å². The number of nitrogens with two attached hydrogens (primary N) is 2. The number of rotatable bonds is 9. The first-order chi connectivity index (χ1) is 22.8. The van der Waals surface area contributed by atoms with Crippen molar-refractivity contribution in [3.05, 3.63) is 142 Å². The van der Waals surface area contributed by atoms with Gasteiger partial charge in [-0.05, 0) is 107 Å². The van der Waals surface area contributed by atoms with Gasteiger partial charge >= 0.3 is 0 Å². The Hall–Kier alpha value is -5.39. The fraction of sp³-hybridized carbons (Fsp3) is 0.167. The fourth-order valence-corrected chi connectivity index (χ4v) is 7.01. The first kappa shape index (κ1) is 31.6. The maximum Gasteiger partial charge on any atom is 0.249 e. The molecule has 0 atom stereocenters. The average molecular weight is 619 g/mol. The Labute approximate surface area is 274 Å². The quantitative estimate of drug-likeness (QED) is 0.0963. The van der Waals surface area contributed by atoms with Gasteiger partial charge in [0.1, 0.15) is 0 Å². The SMILES string of the molecule is Cc1cccc(CCCc2ccc3c4ccc(C=O)c5c(C=O)ccc(c6ccc(C(N)=O)c2c36)c54)c1.Cc1cccc(CCN)c1. The lowest BCUT2D eigenvalue weighted by Gasteiger charge is -2.19. The minimum atomic E-state index is -0.452. The molecular weight excluding hydrogens is 580 g/mol. The van der Waals surface area contributed by atoms with E-state index in [1.165, 1.54) is 22.3 Å². The molecule has 0 radical (unpaired) electrons. The van der Waals surface area contributed by atoms with Crippen LogP contribution in [0.3, 0.4) is 0 Å². The summed E-state index contributed by atoms with van der Waals surface area (Å²) in [5.74, 6) is -0.452. The van der Waals surface area contributed by atoms with E-state index < -0.39 is 5.91 Å². The third-order valence-corrected chi connectivity index (χ3v) is 9.08. The summed E-state index contributed by atoms with van der Waals surface area (Å²) in [5.41, 5.74) is 19.1. The summed E-state index contributed by atoms with van der Waals surface area (Å²) in [6.07, 6.45) is 5.29. The number of carbonyl (C=O) groups is 3. The van der Waals surface area contributed by atoms with Crippen LogP contribution in [0.2, 0.25) is 0 Å². The predicted octanol–water partition coefficient (Wildman–Crippen LogP) is 8.44. The topological polar surface area (TPSA) is 103 Å². The van der Waals surface area contributed by atoms with E-state index in [1.807, 2.05) is 24.3 Å². The van der Waals surface area contributed by atoms with Gasteiger partial charge < -0.3 is 11.5 Å². The number of aldehydes is 2. The first-order valence-corrected chi connectivity index (χ1v) is 16.0. The maximum absolute atomic E-state index is 12.6. The maximum atomic E-state index is 12.6. The highest BCUT2D eigenvalue weighted by atomic mass is 16.1. The largest absolute Gasteiger partial charge is 0.366 e. The molecule has 0 unspecified atom stereocenters. The summed E-state index contributed by atoms with van der Waals surface area (Å²) >= 11 is 0. The van der Waals surface area contributed by atoms with E-state index in [4.69, 9.17) is 11.5 Å². The molecule has 7 aromatic rings. The Morgan fingerprint density at radius 3 is 1.62 bits per heavy atom. The number of amides is 1. The van der Waals surface area contributed by atoms with Gasteiger partial charge in [-0.15, -0.1) is 0 Å². The Bertz CT molecular complexity index is 2220. The van der Waals surface area contributed by atoms with Crippen molar-refractivity contribution < 1.29 is 14.4 Å². The lowest BCUT2D eigenvalue weighted by Crippen LogP contribution is -2.12. The van der Waals surface area contributed by atoms with Gasteiger partial charge in [-0.3, -0.25) is 14.4 Å². The van der Waals surface area contributed by atoms with Crippen molar-refractivity contribution in [1.29, 1.82) is 0 Å². The van der Waals surface area contributed by atoms with Gasteiger partial charge in [0.2, 0.25) is 5.91 Å². The standard InChI is InChI=1S/C33H25NO3.C9H13N/c1-19-4-2-5-20(16-19)6-3-7-21-8-11-26-24-12-9-22(17-35)29-23(18-36)10-13-25(31(24)29)27-14-15-28(33(34)37)30(21)32(26)27;1-8-3-2-4-9(7-8)5-6-10/h2,4-5,8-18H,3,6-7H2,1H3,(H2,34,37);2-4,7H,5-6,10H2,1H3. The minimum Gasteiger partial charge on any atom is -0.366 e. The van der Waals surface area contributed by atoms with E-state index in [1.54, 1.807) is 12.1 Å². The van der Waals surface area contributed by atoms with Gasteiger partial charge in [0.05, 0.1) is 0 Å². The summed E-state index contributed by atoms with van der Waals surface area (Å²) in [7, 11) is 0. The first-order valence-electron chi connectivity index (χ1n) is 16.0. The number of primary amides is 1. The van der Waals surface area contributed by atoms with Crippen molar-refractivity contribution in [2.45, 2.75) is 39.5 Å². The normalized spacial score (nSPS) is 11.2. The molecule has 0 saturated heterocycles. The number of hydrogen-bond donors (Lipinski definition) is 2. The highest BCUT2D eigenvalue weighted by Crippen LogP contribution is 2.43. The lowest BCUT2D eigenvalue weighted by atomic mass is 9.84. The van der Waals surface area contributed by atoms with Crippen molar-refractivity contribution in [2.75, 3.05) is 6.54 Å². The molecule has 0 aliphatic carbocycles. The van der Waals surface area contributed by atoms with E-state index in [-0.39, 0.29) is 0 Å². The van der Waals surface area contributed by atoms with Crippen LogP contribution >= 0.6 is 0 Å². The van der Waals surface area contributed by atoms with Crippen LogP contribution in [0.25, 0.3) is 43.1 Å². The van der Waals surface area contributed by atoms with E-state index in [0.29, 0.717) is 22.1 Å². The Morgan fingerprint density at radius 2 is 1.11 bits per heavy atom. The van der Waals surface area contributed by atoms with Gasteiger partial charge in [-0.1, -0.05) is 102 Å². The number of carbonyl (C=O) groups excluding carboxylic acids is 3. The van der Waals surface area contributed by atoms with Crippen molar-refractivity contribution in [1.82, 2.24) is 0 Å². The molecule has 0 saturated carbocycles. The van der Waals surface area contributed by atoms with Crippen molar-refractivity contribution in [3.63, 3.8) is 0 Å². The molecule has 5 nitrogen and oxygen atoms in total. The Kier molecular flexibility index (Phi) is 9.10. The van der Waals surface area contributed by atoms with Gasteiger partial charge in [-0.2, -0.15) is 0 Å². The number of hydrogen-bond acceptors (Lipinski definition) is 4. The predicted molar refractivity (Wildman–Crippen MR) is 194 cm³/mol. The molecule has 5 heteroatoms. The smallest absolute Gasteiger partial charge is 0.249 e. The molecule has 0 bridgehead atoms. The molecule has 1 amide bonds. The second-order valence-electron chi connectivity index (χ2n) is 12.3. The van der Waals surface area contributed by atoms with Crippen LogP contribution < -0.4 is 11.5 Å². The summed E-state index contributed by atoms with van der Waals surface area (Å²) in [6.45, 7) is 4.94. The second kappa shape index (κ2) is 13.5. The Morgan fingerprint density at radius 1 is 0.596 bits per heavy atom. The zero-order valence-corrected chi connectivity index (χ0v) is 26.8. The number of fused-ring (bicyclic) bond motifs is 2. The van der Waals surface area contributed by atoms with E-state index in [9.17, 15) is 14.4 Å². The van der Waals surface area contributed by atoms with Crippen LogP contribution in [0.15, 0.2) is 97.1 Å².